The fraction of sp³-hybridized carbons (Fsp3) is 0.250. The van der Waals surface area contributed by atoms with E-state index in [1.165, 1.54) is 24.3 Å². The molecule has 0 bridgehead atoms. The van der Waals surface area contributed by atoms with Crippen LogP contribution in [0, 0.1) is 18.6 Å². The highest BCUT2D eigenvalue weighted by atomic mass is 32.2. The number of carboxylic acid groups (broad SMARTS) is 1. The van der Waals surface area contributed by atoms with Gasteiger partial charge in [0.15, 0.2) is 0 Å². The summed E-state index contributed by atoms with van der Waals surface area (Å²) in [4.78, 5) is 10.9. The molecule has 3 rings (SSSR count). The number of benzene rings is 2. The quantitative estimate of drug-likeness (QED) is 0.583. The van der Waals surface area contributed by atoms with Crippen molar-refractivity contribution in [3.8, 4) is 0 Å². The molecule has 154 valence electrons. The number of carboxylic acids is 1. The summed E-state index contributed by atoms with van der Waals surface area (Å²) < 4.78 is 55.8. The molecule has 0 radical (unpaired) electrons. The molecule has 0 unspecified atom stereocenters. The van der Waals surface area contributed by atoms with Crippen molar-refractivity contribution in [3.05, 3.63) is 65.4 Å². The molecular formula is C20H20F2N2O4S. The number of carbonyl (C=O) groups is 1. The van der Waals surface area contributed by atoms with Gasteiger partial charge in [-0.1, -0.05) is 0 Å². The molecule has 0 aliphatic rings. The van der Waals surface area contributed by atoms with Gasteiger partial charge in [-0.3, -0.25) is 4.79 Å². The van der Waals surface area contributed by atoms with E-state index in [0.717, 1.165) is 23.4 Å². The summed E-state index contributed by atoms with van der Waals surface area (Å²) in [5.41, 5.74) is 2.20. The zero-order valence-electron chi connectivity index (χ0n) is 15.7. The molecule has 1 aromatic heterocycles. The summed E-state index contributed by atoms with van der Waals surface area (Å²) >= 11 is 0. The average Bonchev–Trinajstić information content (AvgIpc) is 2.91. The van der Waals surface area contributed by atoms with Gasteiger partial charge in [0.05, 0.1) is 11.3 Å². The molecule has 29 heavy (non-hydrogen) atoms. The fourth-order valence-electron chi connectivity index (χ4n) is 3.34. The first-order chi connectivity index (χ1) is 13.7. The van der Waals surface area contributed by atoms with Crippen molar-refractivity contribution in [1.82, 2.24) is 9.29 Å². The number of nitrogens with zero attached hydrogens (tertiary/aromatic N) is 1. The van der Waals surface area contributed by atoms with E-state index in [9.17, 15) is 22.0 Å². The second kappa shape index (κ2) is 8.30. The number of hydrogen-bond acceptors (Lipinski definition) is 3. The normalized spacial score (nSPS) is 11.8. The van der Waals surface area contributed by atoms with Crippen LogP contribution < -0.4 is 4.72 Å². The second-order valence-corrected chi connectivity index (χ2v) is 8.39. The van der Waals surface area contributed by atoms with Gasteiger partial charge >= 0.3 is 5.97 Å². The third kappa shape index (κ3) is 4.63. The van der Waals surface area contributed by atoms with Crippen LogP contribution in [-0.4, -0.2) is 30.6 Å². The summed E-state index contributed by atoms with van der Waals surface area (Å²) in [5.74, 6) is -1.90. The van der Waals surface area contributed by atoms with Crippen LogP contribution in [0.2, 0.25) is 0 Å². The number of nitrogens with one attached hydrogen (secondary N) is 1. The Bertz CT molecular complexity index is 1160. The van der Waals surface area contributed by atoms with Crippen molar-refractivity contribution in [2.75, 3.05) is 6.54 Å². The minimum Gasteiger partial charge on any atom is -0.481 e. The highest BCUT2D eigenvalue weighted by Crippen LogP contribution is 2.27. The minimum atomic E-state index is -3.81. The van der Waals surface area contributed by atoms with Crippen molar-refractivity contribution in [1.29, 1.82) is 0 Å². The molecule has 0 aliphatic carbocycles. The molecule has 1 heterocycles. The van der Waals surface area contributed by atoms with E-state index in [1.54, 1.807) is 17.6 Å². The Balaban J connectivity index is 1.84. The largest absolute Gasteiger partial charge is 0.481 e. The molecule has 0 saturated heterocycles. The Hall–Kier alpha value is -2.78. The molecule has 2 N–H and O–H groups in total. The maximum Gasteiger partial charge on any atom is 0.305 e. The SMILES string of the molecule is Cc1c(CCNS(=O)(=O)c2ccc(F)cc2)c2cc(F)ccc2n1CCC(=O)O. The van der Waals surface area contributed by atoms with Crippen LogP contribution in [0.15, 0.2) is 47.4 Å². The third-order valence-corrected chi connectivity index (χ3v) is 6.23. The third-order valence-electron chi connectivity index (χ3n) is 4.76. The molecule has 0 atom stereocenters. The molecule has 0 aliphatic heterocycles. The van der Waals surface area contributed by atoms with E-state index >= 15 is 0 Å². The number of hydrogen-bond donors (Lipinski definition) is 2. The lowest BCUT2D eigenvalue weighted by Crippen LogP contribution is -2.26. The number of aryl methyl sites for hydroxylation is 1. The number of rotatable bonds is 8. The molecule has 0 amide bonds. The Morgan fingerprint density at radius 1 is 1.10 bits per heavy atom. The Morgan fingerprint density at radius 2 is 1.76 bits per heavy atom. The minimum absolute atomic E-state index is 0.0504. The van der Waals surface area contributed by atoms with Crippen molar-refractivity contribution < 1.29 is 27.1 Å². The monoisotopic (exact) mass is 422 g/mol. The van der Waals surface area contributed by atoms with Gasteiger partial charge in [0.25, 0.3) is 0 Å². The second-order valence-electron chi connectivity index (χ2n) is 6.62. The molecule has 0 spiro atoms. The predicted octanol–water partition coefficient (Wildman–Crippen LogP) is 3.22. The van der Waals surface area contributed by atoms with Crippen LogP contribution in [0.3, 0.4) is 0 Å². The Kier molecular flexibility index (Phi) is 5.99. The first-order valence-corrected chi connectivity index (χ1v) is 10.4. The van der Waals surface area contributed by atoms with Crippen molar-refractivity contribution in [3.63, 3.8) is 0 Å². The maximum atomic E-state index is 13.8. The molecule has 9 heteroatoms. The van der Waals surface area contributed by atoms with E-state index in [1.807, 2.05) is 0 Å². The fourth-order valence-corrected chi connectivity index (χ4v) is 4.37. The maximum absolute atomic E-state index is 13.8. The number of fused-ring (bicyclic) bond motifs is 1. The lowest BCUT2D eigenvalue weighted by atomic mass is 10.1. The smallest absolute Gasteiger partial charge is 0.305 e. The summed E-state index contributed by atoms with van der Waals surface area (Å²) in [5, 5.41) is 9.59. The molecular weight excluding hydrogens is 402 g/mol. The van der Waals surface area contributed by atoms with Crippen molar-refractivity contribution in [2.24, 2.45) is 0 Å². The standard InChI is InChI=1S/C20H20F2N2O4S/c1-13-17(8-10-23-29(27,28)16-5-2-14(21)3-6-16)18-12-15(22)4-7-19(18)24(13)11-9-20(25)26/h2-7,12,23H,8-11H2,1H3,(H,25,26). The van der Waals surface area contributed by atoms with E-state index in [4.69, 9.17) is 5.11 Å². The van der Waals surface area contributed by atoms with Crippen LogP contribution in [0.4, 0.5) is 8.78 Å². The molecule has 0 saturated carbocycles. The summed E-state index contributed by atoms with van der Waals surface area (Å²) in [6.07, 6.45) is 0.199. The van der Waals surface area contributed by atoms with Gasteiger partial charge < -0.3 is 9.67 Å². The molecule has 2 aromatic carbocycles. The summed E-state index contributed by atoms with van der Waals surface area (Å²) in [7, 11) is -3.81. The van der Waals surface area contributed by atoms with Crippen molar-refractivity contribution in [2.45, 2.75) is 31.2 Å². The van der Waals surface area contributed by atoms with Gasteiger partial charge in [-0.2, -0.15) is 0 Å². The topological polar surface area (TPSA) is 88.4 Å². The lowest BCUT2D eigenvalue weighted by Gasteiger charge is -2.08. The predicted molar refractivity (Wildman–Crippen MR) is 104 cm³/mol. The van der Waals surface area contributed by atoms with Crippen molar-refractivity contribution >= 4 is 26.9 Å². The zero-order chi connectivity index (χ0) is 21.2. The van der Waals surface area contributed by atoms with E-state index in [2.05, 4.69) is 4.72 Å². The summed E-state index contributed by atoms with van der Waals surface area (Å²) in [6.45, 7) is 2.07. The van der Waals surface area contributed by atoms with Gasteiger partial charge in [-0.05, 0) is 61.4 Å². The van der Waals surface area contributed by atoms with Crippen LogP contribution in [-0.2, 0) is 27.8 Å². The van der Waals surface area contributed by atoms with Gasteiger partial charge in [-0.15, -0.1) is 0 Å². The molecule has 0 fully saturated rings. The number of halogens is 2. The van der Waals surface area contributed by atoms with Crippen LogP contribution in [0.25, 0.3) is 10.9 Å². The average molecular weight is 422 g/mol. The van der Waals surface area contributed by atoms with Crippen LogP contribution in [0.1, 0.15) is 17.7 Å². The van der Waals surface area contributed by atoms with E-state index in [0.29, 0.717) is 10.9 Å². The Morgan fingerprint density at radius 3 is 2.41 bits per heavy atom. The number of sulfonamides is 1. The zero-order valence-corrected chi connectivity index (χ0v) is 16.5. The number of aromatic nitrogens is 1. The van der Waals surface area contributed by atoms with Gasteiger partial charge in [0, 0.05) is 29.7 Å². The first kappa shape index (κ1) is 20.9. The first-order valence-electron chi connectivity index (χ1n) is 8.93. The van der Waals surface area contributed by atoms with E-state index in [-0.39, 0.29) is 30.8 Å². The van der Waals surface area contributed by atoms with Crippen LogP contribution >= 0.6 is 0 Å². The van der Waals surface area contributed by atoms with Gasteiger partial charge in [0.2, 0.25) is 10.0 Å². The van der Waals surface area contributed by atoms with Crippen LogP contribution in [0.5, 0.6) is 0 Å². The number of aliphatic carboxylic acids is 1. The lowest BCUT2D eigenvalue weighted by molar-refractivity contribution is -0.137. The van der Waals surface area contributed by atoms with Gasteiger partial charge in [0.1, 0.15) is 11.6 Å². The molecule has 6 nitrogen and oxygen atoms in total. The summed E-state index contributed by atoms with van der Waals surface area (Å²) in [6, 6.07) is 8.75. The Labute approximate surface area is 166 Å². The highest BCUT2D eigenvalue weighted by molar-refractivity contribution is 7.89. The highest BCUT2D eigenvalue weighted by Gasteiger charge is 2.18. The van der Waals surface area contributed by atoms with E-state index < -0.39 is 27.6 Å². The van der Waals surface area contributed by atoms with Gasteiger partial charge in [-0.25, -0.2) is 21.9 Å². The molecule has 3 aromatic rings.